The summed E-state index contributed by atoms with van der Waals surface area (Å²) in [5, 5.41) is 3.21. The molecule has 1 fully saturated rings. The van der Waals surface area contributed by atoms with Gasteiger partial charge in [0.1, 0.15) is 5.75 Å². The van der Waals surface area contributed by atoms with E-state index in [2.05, 4.69) is 5.32 Å². The molecule has 1 aromatic rings. The highest BCUT2D eigenvalue weighted by molar-refractivity contribution is 5.40. The monoisotopic (exact) mass is 273 g/mol. The number of nitrogens with one attached hydrogen (secondary N) is 1. The summed E-state index contributed by atoms with van der Waals surface area (Å²) in [5.74, 6) is 0.393. The van der Waals surface area contributed by atoms with Gasteiger partial charge in [0.15, 0.2) is 0 Å². The zero-order chi connectivity index (χ0) is 14.0. The van der Waals surface area contributed by atoms with E-state index in [1.54, 1.807) is 12.1 Å². The Morgan fingerprint density at radius 1 is 1.32 bits per heavy atom. The zero-order valence-electron chi connectivity index (χ0n) is 11.1. The standard InChI is InChI=1S/C14H18F3NO/c1-9-8-18-6-5-11(9)12-4-3-10(19-2)7-13(12)14(15,16)17/h3-4,7,9,11,18H,5-6,8H2,1-2H3. The predicted octanol–water partition coefficient (Wildman–Crippen LogP) is 3.43. The van der Waals surface area contributed by atoms with Gasteiger partial charge in [0.25, 0.3) is 0 Å². The molecule has 1 heterocycles. The fraction of sp³-hybridized carbons (Fsp3) is 0.571. The van der Waals surface area contributed by atoms with Gasteiger partial charge in [-0.3, -0.25) is 0 Å². The largest absolute Gasteiger partial charge is 0.497 e. The second-order valence-electron chi connectivity index (χ2n) is 5.03. The maximum atomic E-state index is 13.2. The number of hydrogen-bond acceptors (Lipinski definition) is 2. The lowest BCUT2D eigenvalue weighted by atomic mass is 9.80. The Kier molecular flexibility index (Phi) is 4.04. The van der Waals surface area contributed by atoms with Crippen LogP contribution in [0.1, 0.15) is 30.4 Å². The number of ether oxygens (including phenoxy) is 1. The van der Waals surface area contributed by atoms with Crippen LogP contribution in [-0.2, 0) is 6.18 Å². The molecular weight excluding hydrogens is 255 g/mol. The van der Waals surface area contributed by atoms with Crippen molar-refractivity contribution in [2.75, 3.05) is 20.2 Å². The van der Waals surface area contributed by atoms with Gasteiger partial charge in [0.05, 0.1) is 12.7 Å². The smallest absolute Gasteiger partial charge is 0.416 e. The Balaban J connectivity index is 2.43. The number of hydrogen-bond donors (Lipinski definition) is 1. The van der Waals surface area contributed by atoms with Crippen molar-refractivity contribution in [2.24, 2.45) is 5.92 Å². The van der Waals surface area contributed by atoms with Crippen LogP contribution in [0, 0.1) is 5.92 Å². The van der Waals surface area contributed by atoms with Gasteiger partial charge in [-0.25, -0.2) is 0 Å². The highest BCUT2D eigenvalue weighted by Crippen LogP contribution is 2.41. The van der Waals surface area contributed by atoms with Crippen LogP contribution >= 0.6 is 0 Å². The second kappa shape index (κ2) is 5.41. The molecule has 0 radical (unpaired) electrons. The van der Waals surface area contributed by atoms with Gasteiger partial charge >= 0.3 is 6.18 Å². The third kappa shape index (κ3) is 3.03. The zero-order valence-corrected chi connectivity index (χ0v) is 11.1. The van der Waals surface area contributed by atoms with Crippen molar-refractivity contribution in [1.29, 1.82) is 0 Å². The maximum Gasteiger partial charge on any atom is 0.416 e. The SMILES string of the molecule is COc1ccc(C2CCNCC2C)c(C(F)(F)F)c1. The molecule has 2 atom stereocenters. The first-order valence-electron chi connectivity index (χ1n) is 6.39. The molecule has 5 heteroatoms. The molecule has 19 heavy (non-hydrogen) atoms. The summed E-state index contributed by atoms with van der Waals surface area (Å²) in [5.41, 5.74) is -0.173. The normalized spacial score (nSPS) is 24.3. The van der Waals surface area contributed by atoms with Crippen molar-refractivity contribution in [1.82, 2.24) is 5.32 Å². The topological polar surface area (TPSA) is 21.3 Å². The minimum Gasteiger partial charge on any atom is -0.497 e. The fourth-order valence-corrected chi connectivity index (χ4v) is 2.71. The Labute approximate surface area is 111 Å². The first kappa shape index (κ1) is 14.2. The van der Waals surface area contributed by atoms with Crippen molar-refractivity contribution in [3.63, 3.8) is 0 Å². The summed E-state index contributed by atoms with van der Waals surface area (Å²) < 4.78 is 44.4. The molecule has 0 bridgehead atoms. The van der Waals surface area contributed by atoms with Gasteiger partial charge in [0, 0.05) is 0 Å². The molecule has 0 saturated carbocycles. The van der Waals surface area contributed by atoms with E-state index in [4.69, 9.17) is 4.74 Å². The van der Waals surface area contributed by atoms with Crippen LogP contribution in [0.25, 0.3) is 0 Å². The molecule has 2 rings (SSSR count). The number of alkyl halides is 3. The maximum absolute atomic E-state index is 13.2. The molecule has 0 aromatic heterocycles. The number of halogens is 3. The highest BCUT2D eigenvalue weighted by atomic mass is 19.4. The van der Waals surface area contributed by atoms with Crippen molar-refractivity contribution >= 4 is 0 Å². The Morgan fingerprint density at radius 3 is 2.63 bits per heavy atom. The quantitative estimate of drug-likeness (QED) is 0.891. The fourth-order valence-electron chi connectivity index (χ4n) is 2.71. The van der Waals surface area contributed by atoms with Crippen molar-refractivity contribution in [3.8, 4) is 5.75 Å². The van der Waals surface area contributed by atoms with Crippen LogP contribution in [0.3, 0.4) is 0 Å². The molecule has 1 saturated heterocycles. The lowest BCUT2D eigenvalue weighted by Gasteiger charge is -2.31. The summed E-state index contributed by atoms with van der Waals surface area (Å²) in [7, 11) is 1.38. The van der Waals surface area contributed by atoms with E-state index in [9.17, 15) is 13.2 Å². The highest BCUT2D eigenvalue weighted by Gasteiger charge is 2.37. The van der Waals surface area contributed by atoms with Gasteiger partial charge in [-0.1, -0.05) is 13.0 Å². The number of benzene rings is 1. The van der Waals surface area contributed by atoms with Crippen LogP contribution in [0.4, 0.5) is 13.2 Å². The number of piperidine rings is 1. The third-order valence-corrected chi connectivity index (χ3v) is 3.75. The second-order valence-corrected chi connectivity index (χ2v) is 5.03. The van der Waals surface area contributed by atoms with Crippen LogP contribution in [0.2, 0.25) is 0 Å². The van der Waals surface area contributed by atoms with Gasteiger partial charge in [-0.15, -0.1) is 0 Å². The van der Waals surface area contributed by atoms with E-state index >= 15 is 0 Å². The third-order valence-electron chi connectivity index (χ3n) is 3.75. The summed E-state index contributed by atoms with van der Waals surface area (Å²) >= 11 is 0. The van der Waals surface area contributed by atoms with E-state index in [1.165, 1.54) is 7.11 Å². The van der Waals surface area contributed by atoms with Crippen molar-refractivity contribution < 1.29 is 17.9 Å². The van der Waals surface area contributed by atoms with Gasteiger partial charge in [-0.05, 0) is 49.0 Å². The molecule has 1 aliphatic rings. The molecule has 0 spiro atoms. The van der Waals surface area contributed by atoms with E-state index < -0.39 is 11.7 Å². The molecular formula is C14H18F3NO. The molecule has 0 aliphatic carbocycles. The number of rotatable bonds is 2. The summed E-state index contributed by atoms with van der Waals surface area (Å²) in [6.07, 6.45) is -3.61. The molecule has 1 aliphatic heterocycles. The van der Waals surface area contributed by atoms with E-state index in [1.807, 2.05) is 6.92 Å². The molecule has 0 amide bonds. The summed E-state index contributed by atoms with van der Waals surface area (Å²) in [4.78, 5) is 0. The molecule has 1 aromatic carbocycles. The Morgan fingerprint density at radius 2 is 2.05 bits per heavy atom. The first-order valence-corrected chi connectivity index (χ1v) is 6.39. The van der Waals surface area contributed by atoms with E-state index in [-0.39, 0.29) is 17.6 Å². The van der Waals surface area contributed by atoms with Gasteiger partial charge in [-0.2, -0.15) is 13.2 Å². The minimum atomic E-state index is -4.34. The lowest BCUT2D eigenvalue weighted by molar-refractivity contribution is -0.138. The average Bonchev–Trinajstić information content (AvgIpc) is 2.38. The summed E-state index contributed by atoms with van der Waals surface area (Å²) in [6.45, 7) is 3.51. The summed E-state index contributed by atoms with van der Waals surface area (Å²) in [6, 6.07) is 4.28. The van der Waals surface area contributed by atoms with Crippen LogP contribution < -0.4 is 10.1 Å². The minimum absolute atomic E-state index is 0.0521. The molecule has 2 unspecified atom stereocenters. The average molecular weight is 273 g/mol. The van der Waals surface area contributed by atoms with E-state index in [0.717, 1.165) is 25.6 Å². The van der Waals surface area contributed by atoms with Crippen LogP contribution in [0.15, 0.2) is 18.2 Å². The Hall–Kier alpha value is -1.23. The van der Waals surface area contributed by atoms with Gasteiger partial charge < -0.3 is 10.1 Å². The van der Waals surface area contributed by atoms with Crippen LogP contribution in [0.5, 0.6) is 5.75 Å². The van der Waals surface area contributed by atoms with Crippen molar-refractivity contribution in [3.05, 3.63) is 29.3 Å². The van der Waals surface area contributed by atoms with Gasteiger partial charge in [0.2, 0.25) is 0 Å². The molecule has 106 valence electrons. The number of methoxy groups -OCH3 is 1. The van der Waals surface area contributed by atoms with E-state index in [0.29, 0.717) is 5.56 Å². The predicted molar refractivity (Wildman–Crippen MR) is 67.4 cm³/mol. The molecule has 2 nitrogen and oxygen atoms in total. The first-order chi connectivity index (χ1) is 8.93. The van der Waals surface area contributed by atoms with Crippen LogP contribution in [-0.4, -0.2) is 20.2 Å². The lowest BCUT2D eigenvalue weighted by Crippen LogP contribution is -2.34. The van der Waals surface area contributed by atoms with Crippen molar-refractivity contribution in [2.45, 2.75) is 25.4 Å². The molecule has 1 N–H and O–H groups in total. The Bertz CT molecular complexity index is 445.